The van der Waals surface area contributed by atoms with Crippen molar-refractivity contribution in [2.75, 3.05) is 31.3 Å². The van der Waals surface area contributed by atoms with Crippen LogP contribution in [0.4, 0.5) is 20.6 Å². The molecule has 1 amide bonds. The molecule has 0 aliphatic carbocycles. The molecule has 0 saturated heterocycles. The van der Waals surface area contributed by atoms with Gasteiger partial charge in [-0.3, -0.25) is 4.90 Å². The van der Waals surface area contributed by atoms with E-state index in [0.29, 0.717) is 12.2 Å². The molecule has 1 atom stereocenters. The van der Waals surface area contributed by atoms with Crippen LogP contribution in [0.5, 0.6) is 0 Å². The number of ether oxygens (including phenoxy) is 2. The monoisotopic (exact) mass is 315 g/mol. The Morgan fingerprint density at radius 1 is 1.57 bits per heavy atom. The van der Waals surface area contributed by atoms with Crippen molar-refractivity contribution in [3.05, 3.63) is 24.0 Å². The minimum absolute atomic E-state index is 0.0196. The average molecular weight is 315 g/mol. The number of hydrogen-bond donors (Lipinski definition) is 2. The van der Waals surface area contributed by atoms with Crippen LogP contribution in [0.25, 0.3) is 0 Å². The fourth-order valence-corrected chi connectivity index (χ4v) is 1.51. The molecular formula is C13H18FN3O3S. The second-order valence-corrected chi connectivity index (χ2v) is 4.70. The molecule has 21 heavy (non-hydrogen) atoms. The van der Waals surface area contributed by atoms with Crippen LogP contribution >= 0.6 is 12.2 Å². The minimum atomic E-state index is -0.614. The smallest absolute Gasteiger partial charge is 0.414 e. The summed E-state index contributed by atoms with van der Waals surface area (Å²) in [6, 6.07) is 4.08. The molecule has 0 aromatic heterocycles. The molecule has 116 valence electrons. The maximum absolute atomic E-state index is 13.4. The Kier molecular flexibility index (Phi) is 6.16. The highest BCUT2D eigenvalue weighted by molar-refractivity contribution is 7.80. The van der Waals surface area contributed by atoms with Crippen molar-refractivity contribution in [2.45, 2.75) is 13.0 Å². The van der Waals surface area contributed by atoms with Crippen molar-refractivity contribution in [1.29, 1.82) is 0 Å². The number of rotatable bonds is 4. The highest BCUT2D eigenvalue weighted by Gasteiger charge is 2.17. The van der Waals surface area contributed by atoms with Crippen LogP contribution in [-0.2, 0) is 9.47 Å². The first-order valence-electron chi connectivity index (χ1n) is 6.16. The third kappa shape index (κ3) is 5.07. The van der Waals surface area contributed by atoms with Gasteiger partial charge in [-0.1, -0.05) is 0 Å². The van der Waals surface area contributed by atoms with E-state index in [0.717, 1.165) is 0 Å². The number of thiocarbonyl (C=S) groups is 1. The number of carbonyl (C=O) groups is 1. The van der Waals surface area contributed by atoms with Gasteiger partial charge in [-0.05, 0) is 37.3 Å². The molecule has 1 rings (SSSR count). The topological polar surface area (TPSA) is 76.8 Å². The number of halogens is 1. The van der Waals surface area contributed by atoms with Gasteiger partial charge < -0.3 is 20.5 Å². The predicted molar refractivity (Wildman–Crippen MR) is 82.8 cm³/mol. The van der Waals surface area contributed by atoms with E-state index in [1.807, 2.05) is 0 Å². The number of hydrogen-bond acceptors (Lipinski definition) is 5. The zero-order valence-electron chi connectivity index (χ0n) is 12.1. The molecule has 1 aromatic rings. The fraction of sp³-hybridized carbons (Fsp3) is 0.385. The molecule has 0 radical (unpaired) electrons. The number of nitrogens with one attached hydrogen (secondary N) is 1. The first-order valence-corrected chi connectivity index (χ1v) is 6.57. The van der Waals surface area contributed by atoms with E-state index < -0.39 is 18.0 Å². The largest absolute Gasteiger partial charge is 0.474 e. The van der Waals surface area contributed by atoms with Gasteiger partial charge in [0.1, 0.15) is 11.9 Å². The van der Waals surface area contributed by atoms with E-state index in [1.165, 1.54) is 37.3 Å². The van der Waals surface area contributed by atoms with Gasteiger partial charge in [-0.15, -0.1) is 0 Å². The summed E-state index contributed by atoms with van der Waals surface area (Å²) in [4.78, 5) is 13.1. The van der Waals surface area contributed by atoms with Gasteiger partial charge in [0.25, 0.3) is 5.17 Å². The molecule has 0 fully saturated rings. The van der Waals surface area contributed by atoms with Crippen LogP contribution in [0.2, 0.25) is 0 Å². The Bertz CT molecular complexity index is 527. The number of nitrogen functional groups attached to an aromatic ring is 1. The molecule has 0 aliphatic rings. The summed E-state index contributed by atoms with van der Waals surface area (Å²) in [6.45, 7) is 2.00. The third-order valence-corrected chi connectivity index (χ3v) is 2.98. The Labute approximate surface area is 128 Å². The third-order valence-electron chi connectivity index (χ3n) is 2.67. The Morgan fingerprint density at radius 3 is 2.81 bits per heavy atom. The Morgan fingerprint density at radius 2 is 2.24 bits per heavy atom. The van der Waals surface area contributed by atoms with E-state index in [-0.39, 0.29) is 10.9 Å². The van der Waals surface area contributed by atoms with Crippen molar-refractivity contribution >= 4 is 34.9 Å². The summed E-state index contributed by atoms with van der Waals surface area (Å²) < 4.78 is 23.3. The summed E-state index contributed by atoms with van der Waals surface area (Å²) in [7, 11) is 2.92. The molecule has 1 aromatic carbocycles. The number of methoxy groups -OCH3 is 1. The number of nitrogens with zero attached hydrogens (tertiary/aromatic N) is 1. The minimum Gasteiger partial charge on any atom is -0.474 e. The molecule has 0 saturated carbocycles. The number of nitrogens with two attached hydrogens (primary N) is 1. The SMILES string of the molecule is COC(=S)NC[C@@H](C)OC(=O)N(C)c1ccc(N)c(F)c1. The van der Waals surface area contributed by atoms with Crippen molar-refractivity contribution < 1.29 is 18.7 Å². The number of benzene rings is 1. The number of anilines is 2. The quantitative estimate of drug-likeness (QED) is 0.653. The zero-order chi connectivity index (χ0) is 16.0. The van der Waals surface area contributed by atoms with Gasteiger partial charge >= 0.3 is 6.09 Å². The number of carbonyl (C=O) groups excluding carboxylic acids is 1. The highest BCUT2D eigenvalue weighted by Crippen LogP contribution is 2.19. The Hall–Kier alpha value is -2.09. The lowest BCUT2D eigenvalue weighted by atomic mass is 10.2. The maximum atomic E-state index is 13.4. The van der Waals surface area contributed by atoms with Gasteiger partial charge in [0.2, 0.25) is 0 Å². The summed E-state index contributed by atoms with van der Waals surface area (Å²) in [6.07, 6.45) is -1.05. The van der Waals surface area contributed by atoms with E-state index in [9.17, 15) is 9.18 Å². The van der Waals surface area contributed by atoms with E-state index in [2.05, 4.69) is 5.32 Å². The Balaban J connectivity index is 2.57. The van der Waals surface area contributed by atoms with Crippen LogP contribution in [-0.4, -0.2) is 38.1 Å². The molecule has 0 bridgehead atoms. The summed E-state index contributed by atoms with van der Waals surface area (Å²) in [5.41, 5.74) is 5.75. The summed E-state index contributed by atoms with van der Waals surface area (Å²) in [5, 5.41) is 2.98. The van der Waals surface area contributed by atoms with Crippen LogP contribution in [0.3, 0.4) is 0 Å². The molecule has 0 aliphatic heterocycles. The molecule has 0 heterocycles. The van der Waals surface area contributed by atoms with Gasteiger partial charge in [0.15, 0.2) is 0 Å². The summed E-state index contributed by atoms with van der Waals surface area (Å²) >= 11 is 4.80. The molecule has 3 N–H and O–H groups in total. The van der Waals surface area contributed by atoms with E-state index in [4.69, 9.17) is 27.4 Å². The molecule has 0 unspecified atom stereocenters. The fourth-order valence-electron chi connectivity index (χ4n) is 1.42. The number of amides is 1. The van der Waals surface area contributed by atoms with Crippen LogP contribution in [0, 0.1) is 5.82 Å². The lowest BCUT2D eigenvalue weighted by molar-refractivity contribution is 0.115. The average Bonchev–Trinajstić information content (AvgIpc) is 2.46. The standard InChI is InChI=1S/C13H18FN3O3S/c1-8(7-16-12(21)19-3)20-13(18)17(2)9-4-5-11(15)10(14)6-9/h4-6,8H,7,15H2,1-3H3,(H,16,21)/t8-/m1/s1. The second-order valence-electron chi connectivity index (χ2n) is 4.33. The van der Waals surface area contributed by atoms with Gasteiger partial charge in [0, 0.05) is 12.7 Å². The van der Waals surface area contributed by atoms with E-state index in [1.54, 1.807) is 6.92 Å². The molecule has 8 heteroatoms. The van der Waals surface area contributed by atoms with Gasteiger partial charge in [-0.25, -0.2) is 9.18 Å². The van der Waals surface area contributed by atoms with E-state index >= 15 is 0 Å². The molecule has 6 nitrogen and oxygen atoms in total. The molecular weight excluding hydrogens is 297 g/mol. The van der Waals surface area contributed by atoms with Crippen LogP contribution in [0.15, 0.2) is 18.2 Å². The maximum Gasteiger partial charge on any atom is 0.414 e. The van der Waals surface area contributed by atoms with Crippen molar-refractivity contribution in [3.8, 4) is 0 Å². The first-order chi connectivity index (χ1) is 9.85. The lowest BCUT2D eigenvalue weighted by Gasteiger charge is -2.21. The van der Waals surface area contributed by atoms with Crippen molar-refractivity contribution in [3.63, 3.8) is 0 Å². The summed E-state index contributed by atoms with van der Waals surface area (Å²) in [5.74, 6) is -0.590. The molecule has 0 spiro atoms. The predicted octanol–water partition coefficient (Wildman–Crippen LogP) is 1.89. The first kappa shape index (κ1) is 17.0. The van der Waals surface area contributed by atoms with Crippen molar-refractivity contribution in [2.24, 2.45) is 0 Å². The van der Waals surface area contributed by atoms with Crippen LogP contribution < -0.4 is 16.0 Å². The highest BCUT2D eigenvalue weighted by atomic mass is 32.1. The van der Waals surface area contributed by atoms with Gasteiger partial charge in [-0.2, -0.15) is 0 Å². The van der Waals surface area contributed by atoms with Crippen LogP contribution in [0.1, 0.15) is 6.92 Å². The van der Waals surface area contributed by atoms with Crippen molar-refractivity contribution in [1.82, 2.24) is 5.32 Å². The lowest BCUT2D eigenvalue weighted by Crippen LogP contribution is -2.36. The van der Waals surface area contributed by atoms with Gasteiger partial charge in [0.05, 0.1) is 19.3 Å². The normalized spacial score (nSPS) is 11.4. The zero-order valence-corrected chi connectivity index (χ0v) is 12.9. The second kappa shape index (κ2) is 7.63.